The van der Waals surface area contributed by atoms with Gasteiger partial charge in [-0.3, -0.25) is 15.1 Å². The third-order valence-electron chi connectivity index (χ3n) is 2.67. The molecule has 0 saturated carbocycles. The lowest BCUT2D eigenvalue weighted by molar-refractivity contribution is -0.385. The lowest BCUT2D eigenvalue weighted by atomic mass is 10.2. The Morgan fingerprint density at radius 3 is 2.55 bits per heavy atom. The van der Waals surface area contributed by atoms with Crippen molar-refractivity contribution in [2.75, 3.05) is 7.11 Å². The lowest BCUT2D eigenvalue weighted by Gasteiger charge is -2.00. The third-order valence-corrected chi connectivity index (χ3v) is 2.67. The molecule has 2 rings (SSSR count). The van der Waals surface area contributed by atoms with Crippen LogP contribution in [0, 0.1) is 10.1 Å². The average molecular weight is 272 g/mol. The van der Waals surface area contributed by atoms with Gasteiger partial charge in [-0.15, -0.1) is 0 Å². The number of para-hydroxylation sites is 1. The molecule has 0 amide bonds. The molecule has 0 fully saturated rings. The first-order valence-electron chi connectivity index (χ1n) is 5.76. The van der Waals surface area contributed by atoms with E-state index in [4.69, 9.17) is 4.74 Å². The molecular formula is C14H12N2O4. The second-order valence-electron chi connectivity index (χ2n) is 3.93. The number of nitro groups is 1. The number of hydrogen-bond acceptors (Lipinski definition) is 5. The van der Waals surface area contributed by atoms with Gasteiger partial charge in [0.05, 0.1) is 17.7 Å². The van der Waals surface area contributed by atoms with Gasteiger partial charge < -0.3 is 9.84 Å². The Morgan fingerprint density at radius 1 is 1.25 bits per heavy atom. The van der Waals surface area contributed by atoms with Gasteiger partial charge in [-0.05, 0) is 30.3 Å². The predicted octanol–water partition coefficient (Wildman–Crippen LogP) is 3.06. The summed E-state index contributed by atoms with van der Waals surface area (Å²) in [5.41, 5.74) is 0.593. The van der Waals surface area contributed by atoms with E-state index in [0.29, 0.717) is 11.4 Å². The van der Waals surface area contributed by atoms with Gasteiger partial charge in [0.2, 0.25) is 5.75 Å². The normalized spacial score (nSPS) is 10.7. The highest BCUT2D eigenvalue weighted by Crippen LogP contribution is 2.28. The van der Waals surface area contributed by atoms with Crippen LogP contribution in [0.5, 0.6) is 11.5 Å². The van der Waals surface area contributed by atoms with Crippen LogP contribution in [0.3, 0.4) is 0 Å². The summed E-state index contributed by atoms with van der Waals surface area (Å²) in [6.07, 6.45) is 1.38. The van der Waals surface area contributed by atoms with Crippen LogP contribution in [0.15, 0.2) is 47.5 Å². The number of nitrogens with zero attached hydrogens (tertiary/aromatic N) is 2. The number of nitro benzene ring substituents is 1. The van der Waals surface area contributed by atoms with E-state index in [9.17, 15) is 15.2 Å². The molecule has 0 heterocycles. The summed E-state index contributed by atoms with van der Waals surface area (Å²) in [5.74, 6) is 0.317. The number of benzene rings is 2. The van der Waals surface area contributed by atoms with Gasteiger partial charge >= 0.3 is 5.69 Å². The molecule has 0 aliphatic carbocycles. The van der Waals surface area contributed by atoms with E-state index in [0.717, 1.165) is 0 Å². The van der Waals surface area contributed by atoms with Crippen molar-refractivity contribution in [3.05, 3.63) is 58.1 Å². The highest BCUT2D eigenvalue weighted by Gasteiger charge is 2.14. The van der Waals surface area contributed by atoms with E-state index >= 15 is 0 Å². The van der Waals surface area contributed by atoms with E-state index in [2.05, 4.69) is 4.99 Å². The molecule has 0 atom stereocenters. The quantitative estimate of drug-likeness (QED) is 0.526. The number of ether oxygens (including phenoxy) is 1. The highest BCUT2D eigenvalue weighted by atomic mass is 16.6. The molecule has 0 spiro atoms. The van der Waals surface area contributed by atoms with Crippen LogP contribution in [0.4, 0.5) is 11.4 Å². The van der Waals surface area contributed by atoms with E-state index in [1.807, 2.05) is 0 Å². The van der Waals surface area contributed by atoms with Gasteiger partial charge in [-0.2, -0.15) is 0 Å². The molecule has 2 aromatic carbocycles. The zero-order valence-corrected chi connectivity index (χ0v) is 10.7. The maximum absolute atomic E-state index is 10.7. The number of hydrogen-bond donors (Lipinski definition) is 1. The summed E-state index contributed by atoms with van der Waals surface area (Å²) in [4.78, 5) is 14.2. The molecule has 6 nitrogen and oxygen atoms in total. The van der Waals surface area contributed by atoms with Gasteiger partial charge in [0.1, 0.15) is 5.75 Å². The first-order valence-corrected chi connectivity index (χ1v) is 5.76. The largest absolute Gasteiger partial charge is 0.502 e. The summed E-state index contributed by atoms with van der Waals surface area (Å²) in [7, 11) is 1.57. The number of methoxy groups -OCH3 is 1. The molecule has 0 radical (unpaired) electrons. The smallest absolute Gasteiger partial charge is 0.311 e. The van der Waals surface area contributed by atoms with Gasteiger partial charge in [-0.25, -0.2) is 0 Å². The monoisotopic (exact) mass is 272 g/mol. The fraction of sp³-hybridized carbons (Fsp3) is 0.0714. The van der Waals surface area contributed by atoms with Crippen LogP contribution < -0.4 is 4.74 Å². The molecule has 20 heavy (non-hydrogen) atoms. The maximum atomic E-state index is 10.7. The van der Waals surface area contributed by atoms with Crippen LogP contribution in [0.1, 0.15) is 5.56 Å². The van der Waals surface area contributed by atoms with Gasteiger partial charge in [0.25, 0.3) is 0 Å². The molecule has 0 bridgehead atoms. The van der Waals surface area contributed by atoms with Crippen LogP contribution in [-0.2, 0) is 0 Å². The number of phenolic OH excluding ortho intramolecular Hbond substituents is 1. The minimum Gasteiger partial charge on any atom is -0.502 e. The summed E-state index contributed by atoms with van der Waals surface area (Å²) in [6.45, 7) is 0. The second kappa shape index (κ2) is 5.83. The molecule has 0 unspecified atom stereocenters. The third kappa shape index (κ3) is 2.92. The highest BCUT2D eigenvalue weighted by molar-refractivity contribution is 5.87. The molecule has 0 aliphatic rings. The van der Waals surface area contributed by atoms with Crippen molar-refractivity contribution in [3.63, 3.8) is 0 Å². The molecule has 6 heteroatoms. The standard InChI is InChI=1S/C14H12N2O4/c1-20-12-7-5-11(6-8-12)15-9-10-3-2-4-13(14(10)17)16(18)19/h2-9,17H,1H3. The van der Waals surface area contributed by atoms with Gasteiger partial charge in [-0.1, -0.05) is 6.07 Å². The maximum Gasteiger partial charge on any atom is 0.311 e. The Bertz CT molecular complexity index is 651. The van der Waals surface area contributed by atoms with Crippen molar-refractivity contribution in [1.82, 2.24) is 0 Å². The zero-order chi connectivity index (χ0) is 14.5. The number of aromatic hydroxyl groups is 1. The summed E-state index contributed by atoms with van der Waals surface area (Å²) < 4.78 is 5.03. The Hall–Kier alpha value is -2.89. The Labute approximate surface area is 115 Å². The van der Waals surface area contributed by atoms with E-state index in [1.165, 1.54) is 18.3 Å². The van der Waals surface area contributed by atoms with Crippen molar-refractivity contribution < 1.29 is 14.8 Å². The fourth-order valence-corrected chi connectivity index (χ4v) is 1.61. The second-order valence-corrected chi connectivity index (χ2v) is 3.93. The van der Waals surface area contributed by atoms with Crippen LogP contribution in [-0.4, -0.2) is 23.4 Å². The first kappa shape index (κ1) is 13.5. The zero-order valence-electron chi connectivity index (χ0n) is 10.7. The Morgan fingerprint density at radius 2 is 1.95 bits per heavy atom. The predicted molar refractivity (Wildman–Crippen MR) is 75.0 cm³/mol. The Kier molecular flexibility index (Phi) is 3.95. The van der Waals surface area contributed by atoms with Gasteiger partial charge in [0, 0.05) is 17.8 Å². The molecule has 0 aliphatic heterocycles. The van der Waals surface area contributed by atoms with E-state index < -0.39 is 10.7 Å². The first-order chi connectivity index (χ1) is 9.61. The van der Waals surface area contributed by atoms with Crippen LogP contribution >= 0.6 is 0 Å². The number of phenols is 1. The fourth-order valence-electron chi connectivity index (χ4n) is 1.61. The summed E-state index contributed by atoms with van der Waals surface area (Å²) in [5, 5.41) is 20.5. The molecule has 102 valence electrons. The van der Waals surface area contributed by atoms with E-state index in [1.54, 1.807) is 37.4 Å². The molecular weight excluding hydrogens is 260 g/mol. The van der Waals surface area contributed by atoms with Crippen molar-refractivity contribution >= 4 is 17.6 Å². The van der Waals surface area contributed by atoms with E-state index in [-0.39, 0.29) is 11.3 Å². The minimum atomic E-state index is -0.639. The topological polar surface area (TPSA) is 85.0 Å². The number of aliphatic imine (C=N–C) groups is 1. The molecule has 1 N–H and O–H groups in total. The Balaban J connectivity index is 2.26. The molecule has 0 saturated heterocycles. The van der Waals surface area contributed by atoms with Crippen LogP contribution in [0.25, 0.3) is 0 Å². The summed E-state index contributed by atoms with van der Waals surface area (Å²) in [6, 6.07) is 11.3. The van der Waals surface area contributed by atoms with Crippen molar-refractivity contribution in [2.24, 2.45) is 4.99 Å². The SMILES string of the molecule is COc1ccc(N=Cc2cccc([N+](=O)[O-])c2O)cc1. The van der Waals surface area contributed by atoms with Crippen LogP contribution in [0.2, 0.25) is 0 Å². The lowest BCUT2D eigenvalue weighted by Crippen LogP contribution is -1.91. The molecule has 0 aromatic heterocycles. The van der Waals surface area contributed by atoms with Crippen molar-refractivity contribution in [3.8, 4) is 11.5 Å². The van der Waals surface area contributed by atoms with Crippen molar-refractivity contribution in [2.45, 2.75) is 0 Å². The minimum absolute atomic E-state index is 0.287. The number of rotatable bonds is 4. The summed E-state index contributed by atoms with van der Waals surface area (Å²) >= 11 is 0. The molecule has 2 aromatic rings. The van der Waals surface area contributed by atoms with Crippen molar-refractivity contribution in [1.29, 1.82) is 0 Å². The average Bonchev–Trinajstić information content (AvgIpc) is 2.46. The van der Waals surface area contributed by atoms with Gasteiger partial charge in [0.15, 0.2) is 0 Å².